The largest absolute Gasteiger partial charge is 0.397 e. The number of nitrogen functional groups attached to an aromatic ring is 1. The lowest BCUT2D eigenvalue weighted by molar-refractivity contribution is 0.0958. The molecule has 21 heavy (non-hydrogen) atoms. The first-order valence-corrected chi connectivity index (χ1v) is 7.57. The van der Waals surface area contributed by atoms with Crippen LogP contribution in [-0.4, -0.2) is 38.6 Å². The number of carbonyl (C=O) groups excluding carboxylic acids is 2. The van der Waals surface area contributed by atoms with Crippen molar-refractivity contribution >= 4 is 33.8 Å². The first-order valence-electron chi connectivity index (χ1n) is 6.75. The molecule has 1 aromatic rings. The van der Waals surface area contributed by atoms with Crippen LogP contribution in [0, 0.1) is 0 Å². The second kappa shape index (κ2) is 8.48. The number of ether oxygens (including phenoxy) is 1. The van der Waals surface area contributed by atoms with Crippen molar-refractivity contribution in [2.24, 2.45) is 5.73 Å². The highest BCUT2D eigenvalue weighted by Crippen LogP contribution is 2.35. The molecular formula is C13H22N4O3S. The van der Waals surface area contributed by atoms with Crippen LogP contribution in [0.5, 0.6) is 0 Å². The number of primary amides is 1. The smallest absolute Gasteiger partial charge is 0.263 e. The number of thiophene rings is 1. The van der Waals surface area contributed by atoms with Crippen molar-refractivity contribution in [3.8, 4) is 0 Å². The zero-order chi connectivity index (χ0) is 15.8. The zero-order valence-electron chi connectivity index (χ0n) is 12.3. The molecule has 118 valence electrons. The quantitative estimate of drug-likeness (QED) is 0.507. The monoisotopic (exact) mass is 314 g/mol. The second-order valence-corrected chi connectivity index (χ2v) is 5.46. The third-order valence-corrected chi connectivity index (χ3v) is 3.91. The molecule has 0 aliphatic rings. The van der Waals surface area contributed by atoms with Crippen molar-refractivity contribution in [1.29, 1.82) is 0 Å². The van der Waals surface area contributed by atoms with E-state index in [9.17, 15) is 9.59 Å². The molecule has 0 spiro atoms. The van der Waals surface area contributed by atoms with E-state index in [2.05, 4.69) is 10.6 Å². The van der Waals surface area contributed by atoms with E-state index in [-0.39, 0.29) is 17.2 Å². The van der Waals surface area contributed by atoms with Gasteiger partial charge >= 0.3 is 0 Å². The van der Waals surface area contributed by atoms with Gasteiger partial charge in [-0.25, -0.2) is 0 Å². The summed E-state index contributed by atoms with van der Waals surface area (Å²) in [5, 5.41) is 6.34. The van der Waals surface area contributed by atoms with Crippen LogP contribution in [0.1, 0.15) is 39.8 Å². The van der Waals surface area contributed by atoms with E-state index in [0.29, 0.717) is 29.6 Å². The Bertz CT molecular complexity index is 502. The first-order chi connectivity index (χ1) is 10.0. The lowest BCUT2D eigenvalue weighted by atomic mass is 10.2. The summed E-state index contributed by atoms with van der Waals surface area (Å²) in [6.45, 7) is 3.71. The van der Waals surface area contributed by atoms with Crippen LogP contribution in [-0.2, 0) is 4.74 Å². The summed E-state index contributed by atoms with van der Waals surface area (Å²) in [5.41, 5.74) is 11.6. The normalized spacial score (nSPS) is 10.4. The molecule has 0 fully saturated rings. The van der Waals surface area contributed by atoms with Gasteiger partial charge < -0.3 is 26.8 Å². The number of carbonyl (C=O) groups is 2. The fourth-order valence-corrected chi connectivity index (χ4v) is 2.79. The van der Waals surface area contributed by atoms with Gasteiger partial charge in [0, 0.05) is 26.8 Å². The SMILES string of the molecule is CCCNC(=O)c1sc(NCCCOC)c(C(N)=O)c1N. The average molecular weight is 314 g/mol. The van der Waals surface area contributed by atoms with Gasteiger partial charge in [-0.2, -0.15) is 0 Å². The van der Waals surface area contributed by atoms with Gasteiger partial charge in [0.2, 0.25) is 0 Å². The summed E-state index contributed by atoms with van der Waals surface area (Å²) in [6, 6.07) is 0. The third-order valence-electron chi connectivity index (χ3n) is 2.74. The second-order valence-electron chi connectivity index (χ2n) is 4.44. The molecule has 0 bridgehead atoms. The number of hydrogen-bond donors (Lipinski definition) is 4. The molecule has 0 aliphatic carbocycles. The highest BCUT2D eigenvalue weighted by atomic mass is 32.1. The Balaban J connectivity index is 2.91. The molecule has 0 saturated carbocycles. The third kappa shape index (κ3) is 4.61. The van der Waals surface area contributed by atoms with E-state index >= 15 is 0 Å². The van der Waals surface area contributed by atoms with Crippen molar-refractivity contribution in [2.45, 2.75) is 19.8 Å². The van der Waals surface area contributed by atoms with Crippen LogP contribution in [0.15, 0.2) is 0 Å². The number of rotatable bonds is 9. The molecule has 0 saturated heterocycles. The summed E-state index contributed by atoms with van der Waals surface area (Å²) in [4.78, 5) is 23.9. The Morgan fingerprint density at radius 2 is 2.05 bits per heavy atom. The average Bonchev–Trinajstić information content (AvgIpc) is 2.78. The molecule has 7 nitrogen and oxygen atoms in total. The van der Waals surface area contributed by atoms with Crippen LogP contribution < -0.4 is 22.1 Å². The van der Waals surface area contributed by atoms with Crippen LogP contribution in [0.3, 0.4) is 0 Å². The number of nitrogens with one attached hydrogen (secondary N) is 2. The molecule has 8 heteroatoms. The molecule has 0 radical (unpaired) electrons. The summed E-state index contributed by atoms with van der Waals surface area (Å²) in [5.74, 6) is -0.931. The fraction of sp³-hybridized carbons (Fsp3) is 0.538. The lowest BCUT2D eigenvalue weighted by Gasteiger charge is -2.05. The Labute approximate surface area is 128 Å². The maximum Gasteiger partial charge on any atom is 0.263 e. The van der Waals surface area contributed by atoms with E-state index in [1.54, 1.807) is 7.11 Å². The van der Waals surface area contributed by atoms with Gasteiger partial charge in [0.05, 0.1) is 11.3 Å². The molecular weight excluding hydrogens is 292 g/mol. The molecule has 1 rings (SSSR count). The topological polar surface area (TPSA) is 119 Å². The van der Waals surface area contributed by atoms with E-state index in [1.807, 2.05) is 6.92 Å². The Hall–Kier alpha value is -1.80. The van der Waals surface area contributed by atoms with Gasteiger partial charge in [-0.1, -0.05) is 6.92 Å². The summed E-state index contributed by atoms with van der Waals surface area (Å²) < 4.78 is 4.95. The van der Waals surface area contributed by atoms with Crippen molar-refractivity contribution in [2.75, 3.05) is 37.9 Å². The maximum atomic E-state index is 12.0. The number of amides is 2. The Kier molecular flexibility index (Phi) is 6.97. The number of nitrogens with two attached hydrogens (primary N) is 2. The summed E-state index contributed by atoms with van der Waals surface area (Å²) >= 11 is 1.14. The van der Waals surface area contributed by atoms with Gasteiger partial charge in [0.25, 0.3) is 11.8 Å². The van der Waals surface area contributed by atoms with E-state index in [1.165, 1.54) is 0 Å². The molecule has 2 amide bonds. The van der Waals surface area contributed by atoms with Crippen LogP contribution in [0.2, 0.25) is 0 Å². The van der Waals surface area contributed by atoms with Crippen molar-refractivity contribution in [1.82, 2.24) is 5.32 Å². The lowest BCUT2D eigenvalue weighted by Crippen LogP contribution is -2.24. The predicted octanol–water partition coefficient (Wildman–Crippen LogP) is 1.02. The van der Waals surface area contributed by atoms with E-state index in [0.717, 1.165) is 24.2 Å². The van der Waals surface area contributed by atoms with Gasteiger partial charge in [0.1, 0.15) is 9.88 Å². The number of hydrogen-bond acceptors (Lipinski definition) is 6. The minimum atomic E-state index is -0.646. The highest BCUT2D eigenvalue weighted by Gasteiger charge is 2.23. The maximum absolute atomic E-state index is 12.0. The molecule has 0 unspecified atom stereocenters. The van der Waals surface area contributed by atoms with Gasteiger partial charge in [0.15, 0.2) is 0 Å². The first kappa shape index (κ1) is 17.3. The Morgan fingerprint density at radius 3 is 2.62 bits per heavy atom. The molecule has 1 heterocycles. The minimum Gasteiger partial charge on any atom is -0.397 e. The Morgan fingerprint density at radius 1 is 1.33 bits per heavy atom. The zero-order valence-corrected chi connectivity index (χ0v) is 13.1. The summed E-state index contributed by atoms with van der Waals surface area (Å²) in [6.07, 6.45) is 1.59. The van der Waals surface area contributed by atoms with Gasteiger partial charge in [-0.3, -0.25) is 9.59 Å². The van der Waals surface area contributed by atoms with Gasteiger partial charge in [-0.15, -0.1) is 11.3 Å². The molecule has 0 aromatic carbocycles. The van der Waals surface area contributed by atoms with Crippen molar-refractivity contribution < 1.29 is 14.3 Å². The molecule has 6 N–H and O–H groups in total. The van der Waals surface area contributed by atoms with Crippen molar-refractivity contribution in [3.63, 3.8) is 0 Å². The standard InChI is InChI=1S/C13H22N4O3S/c1-3-5-16-12(19)10-9(14)8(11(15)18)13(21-10)17-6-4-7-20-2/h17H,3-7,14H2,1-2H3,(H2,15,18)(H,16,19). The van der Waals surface area contributed by atoms with Crippen LogP contribution >= 0.6 is 11.3 Å². The van der Waals surface area contributed by atoms with Crippen LogP contribution in [0.4, 0.5) is 10.7 Å². The highest BCUT2D eigenvalue weighted by molar-refractivity contribution is 7.19. The fourth-order valence-electron chi connectivity index (χ4n) is 1.72. The van der Waals surface area contributed by atoms with Crippen LogP contribution in [0.25, 0.3) is 0 Å². The van der Waals surface area contributed by atoms with Crippen molar-refractivity contribution in [3.05, 3.63) is 10.4 Å². The van der Waals surface area contributed by atoms with Gasteiger partial charge in [-0.05, 0) is 12.8 Å². The number of anilines is 2. The molecule has 1 aromatic heterocycles. The summed E-state index contributed by atoms with van der Waals surface area (Å²) in [7, 11) is 1.62. The van der Waals surface area contributed by atoms with E-state index in [4.69, 9.17) is 16.2 Å². The molecule has 0 atom stereocenters. The van der Waals surface area contributed by atoms with E-state index < -0.39 is 5.91 Å². The predicted molar refractivity (Wildman–Crippen MR) is 84.9 cm³/mol. The molecule has 0 aliphatic heterocycles. The minimum absolute atomic E-state index is 0.135. The number of methoxy groups -OCH3 is 1.